The van der Waals surface area contributed by atoms with Gasteiger partial charge in [0.25, 0.3) is 0 Å². The normalized spacial score (nSPS) is 11.9. The number of esters is 1. The number of rotatable bonds is 6. The van der Waals surface area contributed by atoms with Crippen LogP contribution in [-0.4, -0.2) is 32.9 Å². The van der Waals surface area contributed by atoms with Crippen molar-refractivity contribution >= 4 is 5.97 Å². The highest BCUT2D eigenvalue weighted by Crippen LogP contribution is 2.11. The summed E-state index contributed by atoms with van der Waals surface area (Å²) in [5, 5.41) is 2.78. The van der Waals surface area contributed by atoms with Gasteiger partial charge in [0.15, 0.2) is 0 Å². The molecule has 0 aliphatic rings. The van der Waals surface area contributed by atoms with Crippen molar-refractivity contribution in [1.82, 2.24) is 5.32 Å². The number of benzene rings is 1. The molecule has 1 aromatic carbocycles. The van der Waals surface area contributed by atoms with E-state index in [4.69, 9.17) is 4.74 Å². The van der Waals surface area contributed by atoms with Crippen LogP contribution in [0.1, 0.15) is 5.56 Å². The van der Waals surface area contributed by atoms with Gasteiger partial charge in [-0.3, -0.25) is 10.1 Å². The summed E-state index contributed by atoms with van der Waals surface area (Å²) in [5.41, 5.74) is 0.938. The summed E-state index contributed by atoms with van der Waals surface area (Å²) >= 11 is 0. The predicted molar refractivity (Wildman–Crippen MR) is 61.6 cm³/mol. The molecular formula is C12H16FNO3. The van der Waals surface area contributed by atoms with E-state index >= 15 is 0 Å². The lowest BCUT2D eigenvalue weighted by Crippen LogP contribution is -2.38. The molecule has 0 saturated carbocycles. The van der Waals surface area contributed by atoms with Crippen molar-refractivity contribution in [2.45, 2.75) is 12.6 Å². The maximum atomic E-state index is 12.5. The topological polar surface area (TPSA) is 47.6 Å². The zero-order valence-corrected chi connectivity index (χ0v) is 9.90. The molecule has 0 radical (unpaired) electrons. The summed E-state index contributed by atoms with van der Waals surface area (Å²) < 4.78 is 22.0. The molecular weight excluding hydrogens is 225 g/mol. The molecule has 0 saturated heterocycles. The number of hydrogen-bond donors (Lipinski definition) is 1. The molecule has 0 aliphatic carbocycles. The molecule has 0 fully saturated rings. The van der Waals surface area contributed by atoms with E-state index in [1.54, 1.807) is 19.2 Å². The lowest BCUT2D eigenvalue weighted by molar-refractivity contribution is -0.143. The number of carbonyl (C=O) groups excluding carboxylic acids is 1. The van der Waals surface area contributed by atoms with Crippen LogP contribution in [-0.2, 0) is 16.1 Å². The monoisotopic (exact) mass is 241 g/mol. The first-order valence-corrected chi connectivity index (χ1v) is 5.21. The number of alkyl halides is 1. The van der Waals surface area contributed by atoms with E-state index in [1.165, 1.54) is 7.11 Å². The fourth-order valence-electron chi connectivity index (χ4n) is 1.33. The molecule has 0 aliphatic heterocycles. The minimum Gasteiger partial charge on any atom is -0.497 e. The van der Waals surface area contributed by atoms with Crippen LogP contribution in [0.25, 0.3) is 0 Å². The van der Waals surface area contributed by atoms with Crippen molar-refractivity contribution in [2.75, 3.05) is 20.9 Å². The molecule has 0 heterocycles. The highest BCUT2D eigenvalue weighted by Gasteiger charge is 2.17. The maximum Gasteiger partial charge on any atom is 0.325 e. The van der Waals surface area contributed by atoms with Gasteiger partial charge in [-0.25, -0.2) is 4.39 Å². The van der Waals surface area contributed by atoms with Crippen molar-refractivity contribution in [3.8, 4) is 5.75 Å². The Bertz CT molecular complexity index is 353. The zero-order chi connectivity index (χ0) is 12.7. The number of ether oxygens (including phenoxy) is 2. The number of nitrogens with one attached hydrogen (secondary N) is 1. The summed E-state index contributed by atoms with van der Waals surface area (Å²) in [5.74, 6) is 0.157. The fraction of sp³-hybridized carbons (Fsp3) is 0.417. The van der Waals surface area contributed by atoms with Crippen molar-refractivity contribution in [3.05, 3.63) is 29.8 Å². The molecule has 4 nitrogen and oxygen atoms in total. The third kappa shape index (κ3) is 4.03. The predicted octanol–water partition coefficient (Wildman–Crippen LogP) is 1.30. The molecule has 1 aromatic rings. The Balaban J connectivity index is 2.50. The van der Waals surface area contributed by atoms with E-state index in [2.05, 4.69) is 10.1 Å². The van der Waals surface area contributed by atoms with Crippen molar-refractivity contribution in [1.29, 1.82) is 0 Å². The summed E-state index contributed by atoms with van der Waals surface area (Å²) in [6, 6.07) is 6.39. The Kier molecular flexibility index (Phi) is 5.42. The Hall–Kier alpha value is -1.62. The Labute approximate surface area is 99.7 Å². The lowest BCUT2D eigenvalue weighted by atomic mass is 10.2. The van der Waals surface area contributed by atoms with Crippen molar-refractivity contribution in [2.24, 2.45) is 0 Å². The molecule has 1 unspecified atom stereocenters. The third-order valence-electron chi connectivity index (χ3n) is 2.35. The number of hydrogen-bond acceptors (Lipinski definition) is 4. The second-order valence-corrected chi connectivity index (χ2v) is 3.46. The van der Waals surface area contributed by atoms with Gasteiger partial charge in [-0.1, -0.05) is 12.1 Å². The molecule has 5 heteroatoms. The van der Waals surface area contributed by atoms with Crippen LogP contribution < -0.4 is 10.1 Å². The quantitative estimate of drug-likeness (QED) is 0.762. The molecule has 94 valence electrons. The summed E-state index contributed by atoms with van der Waals surface area (Å²) in [7, 11) is 2.82. The fourth-order valence-corrected chi connectivity index (χ4v) is 1.33. The smallest absolute Gasteiger partial charge is 0.325 e. The molecule has 1 rings (SSSR count). The van der Waals surface area contributed by atoms with Gasteiger partial charge >= 0.3 is 5.97 Å². The number of methoxy groups -OCH3 is 2. The van der Waals surface area contributed by atoms with Crippen LogP contribution in [0.4, 0.5) is 4.39 Å². The highest BCUT2D eigenvalue weighted by molar-refractivity contribution is 5.75. The molecule has 0 amide bonds. The van der Waals surface area contributed by atoms with E-state index in [1.807, 2.05) is 12.1 Å². The molecule has 0 bridgehead atoms. The Morgan fingerprint density at radius 1 is 1.35 bits per heavy atom. The number of halogens is 1. The zero-order valence-electron chi connectivity index (χ0n) is 9.90. The largest absolute Gasteiger partial charge is 0.497 e. The average molecular weight is 241 g/mol. The van der Waals surface area contributed by atoms with Crippen LogP contribution in [0.3, 0.4) is 0 Å². The van der Waals surface area contributed by atoms with E-state index in [0.29, 0.717) is 6.54 Å². The van der Waals surface area contributed by atoms with E-state index in [0.717, 1.165) is 11.3 Å². The van der Waals surface area contributed by atoms with E-state index in [-0.39, 0.29) is 0 Å². The van der Waals surface area contributed by atoms with Gasteiger partial charge in [0.05, 0.1) is 14.2 Å². The summed E-state index contributed by atoms with van der Waals surface area (Å²) in [6.07, 6.45) is 0. The average Bonchev–Trinajstić information content (AvgIpc) is 2.39. The second kappa shape index (κ2) is 6.85. The maximum absolute atomic E-state index is 12.5. The first-order valence-electron chi connectivity index (χ1n) is 5.21. The SMILES string of the molecule is COC(=O)C(CF)NCc1ccc(OC)cc1. The van der Waals surface area contributed by atoms with Gasteiger partial charge in [0.2, 0.25) is 0 Å². The highest BCUT2D eigenvalue weighted by atomic mass is 19.1. The lowest BCUT2D eigenvalue weighted by Gasteiger charge is -2.12. The standard InChI is InChI=1S/C12H16FNO3/c1-16-10-5-3-9(4-6-10)8-14-11(7-13)12(15)17-2/h3-6,11,14H,7-8H2,1-2H3. The third-order valence-corrected chi connectivity index (χ3v) is 2.35. The summed E-state index contributed by atoms with van der Waals surface area (Å²) in [6.45, 7) is -0.392. The molecule has 1 atom stereocenters. The van der Waals surface area contributed by atoms with Gasteiger partial charge in [-0.2, -0.15) is 0 Å². The van der Waals surface area contributed by atoms with Gasteiger partial charge in [0.1, 0.15) is 18.5 Å². The minimum absolute atomic E-state index is 0.397. The van der Waals surface area contributed by atoms with Gasteiger partial charge in [-0.15, -0.1) is 0 Å². The molecule has 0 spiro atoms. The molecule has 0 aromatic heterocycles. The molecule has 1 N–H and O–H groups in total. The Morgan fingerprint density at radius 3 is 2.47 bits per heavy atom. The first-order chi connectivity index (χ1) is 8.21. The van der Waals surface area contributed by atoms with Crippen LogP contribution in [0.2, 0.25) is 0 Å². The van der Waals surface area contributed by atoms with Crippen LogP contribution >= 0.6 is 0 Å². The number of carbonyl (C=O) groups is 1. The van der Waals surface area contributed by atoms with Crippen molar-refractivity contribution < 1.29 is 18.7 Å². The van der Waals surface area contributed by atoms with Crippen molar-refractivity contribution in [3.63, 3.8) is 0 Å². The second-order valence-electron chi connectivity index (χ2n) is 3.46. The van der Waals surface area contributed by atoms with Crippen LogP contribution in [0.15, 0.2) is 24.3 Å². The van der Waals surface area contributed by atoms with Gasteiger partial charge < -0.3 is 9.47 Å². The van der Waals surface area contributed by atoms with Gasteiger partial charge in [-0.05, 0) is 17.7 Å². The van der Waals surface area contributed by atoms with E-state index < -0.39 is 18.7 Å². The molecule has 17 heavy (non-hydrogen) atoms. The first kappa shape index (κ1) is 13.4. The van der Waals surface area contributed by atoms with Crippen LogP contribution in [0.5, 0.6) is 5.75 Å². The van der Waals surface area contributed by atoms with E-state index in [9.17, 15) is 9.18 Å². The summed E-state index contributed by atoms with van der Waals surface area (Å²) in [4.78, 5) is 11.1. The minimum atomic E-state index is -0.915. The Morgan fingerprint density at radius 2 is 2.00 bits per heavy atom. The van der Waals surface area contributed by atoms with Crippen LogP contribution in [0, 0.1) is 0 Å². The van der Waals surface area contributed by atoms with Gasteiger partial charge in [0, 0.05) is 6.54 Å².